The van der Waals surface area contributed by atoms with Gasteiger partial charge in [0, 0.05) is 39.3 Å². The van der Waals surface area contributed by atoms with Crippen LogP contribution in [-0.4, -0.2) is 39.8 Å². The number of benzene rings is 1. The van der Waals surface area contributed by atoms with Gasteiger partial charge in [-0.25, -0.2) is 13.2 Å². The summed E-state index contributed by atoms with van der Waals surface area (Å²) in [6.45, 7) is 0.0151. The maximum Gasteiger partial charge on any atom is 0.213 e. The summed E-state index contributed by atoms with van der Waals surface area (Å²) in [7, 11) is 4.63. The van der Waals surface area contributed by atoms with Gasteiger partial charge in [-0.1, -0.05) is 12.8 Å². The Balaban J connectivity index is 2.29. The predicted molar refractivity (Wildman–Crippen MR) is 89.1 cm³/mol. The molecular formula is C17H24F3N3O. The van der Waals surface area contributed by atoms with Crippen molar-refractivity contribution >= 4 is 17.8 Å². The lowest BCUT2D eigenvalue weighted by Crippen LogP contribution is -2.39. The van der Waals surface area contributed by atoms with Crippen LogP contribution in [0.4, 0.5) is 24.5 Å². The minimum atomic E-state index is -1.01. The molecular weight excluding hydrogens is 319 g/mol. The molecule has 0 bridgehead atoms. The molecule has 24 heavy (non-hydrogen) atoms. The van der Waals surface area contributed by atoms with Crippen LogP contribution < -0.4 is 15.1 Å². The van der Waals surface area contributed by atoms with Crippen molar-refractivity contribution < 1.29 is 18.0 Å². The first-order valence-corrected chi connectivity index (χ1v) is 8.10. The Morgan fingerprint density at radius 3 is 2.46 bits per heavy atom. The lowest BCUT2D eigenvalue weighted by molar-refractivity contribution is -0.107. The van der Waals surface area contributed by atoms with Gasteiger partial charge in [0.15, 0.2) is 11.6 Å². The second-order valence-corrected chi connectivity index (χ2v) is 6.43. The van der Waals surface area contributed by atoms with Crippen molar-refractivity contribution in [2.75, 3.05) is 30.9 Å². The van der Waals surface area contributed by atoms with Gasteiger partial charge in [0.05, 0.1) is 11.4 Å². The van der Waals surface area contributed by atoms with E-state index in [4.69, 9.17) is 0 Å². The predicted octanol–water partition coefficient (Wildman–Crippen LogP) is 2.99. The summed E-state index contributed by atoms with van der Waals surface area (Å²) >= 11 is 0. The molecule has 1 fully saturated rings. The quantitative estimate of drug-likeness (QED) is 0.807. The number of halogens is 3. The van der Waals surface area contributed by atoms with Crippen molar-refractivity contribution in [1.29, 1.82) is 0 Å². The summed E-state index contributed by atoms with van der Waals surface area (Å²) in [5.74, 6) is -1.98. The van der Waals surface area contributed by atoms with Crippen LogP contribution in [0.15, 0.2) is 6.07 Å². The van der Waals surface area contributed by atoms with Crippen molar-refractivity contribution in [2.24, 2.45) is 0 Å². The normalized spacial score (nSPS) is 20.8. The van der Waals surface area contributed by atoms with Crippen molar-refractivity contribution in [1.82, 2.24) is 5.32 Å². The first kappa shape index (κ1) is 18.6. The van der Waals surface area contributed by atoms with Crippen LogP contribution >= 0.6 is 0 Å². The van der Waals surface area contributed by atoms with E-state index in [1.54, 1.807) is 14.1 Å². The first-order chi connectivity index (χ1) is 11.4. The molecule has 0 heterocycles. The highest BCUT2D eigenvalue weighted by molar-refractivity contribution is 5.84. The number of carbonyl (C=O) groups is 1. The van der Waals surface area contributed by atoms with E-state index in [0.29, 0.717) is 19.3 Å². The zero-order valence-electron chi connectivity index (χ0n) is 14.3. The lowest BCUT2D eigenvalue weighted by atomic mass is 9.93. The molecule has 1 aliphatic carbocycles. The van der Waals surface area contributed by atoms with Crippen LogP contribution in [0.25, 0.3) is 0 Å². The number of rotatable bonds is 6. The van der Waals surface area contributed by atoms with Crippen molar-refractivity contribution in [2.45, 2.75) is 44.4 Å². The molecule has 7 heteroatoms. The van der Waals surface area contributed by atoms with Gasteiger partial charge < -0.3 is 15.1 Å². The molecule has 1 aromatic rings. The number of hydrogen-bond donors (Lipinski definition) is 1. The van der Waals surface area contributed by atoms with Gasteiger partial charge >= 0.3 is 0 Å². The topological polar surface area (TPSA) is 35.6 Å². The monoisotopic (exact) mass is 343 g/mol. The highest BCUT2D eigenvalue weighted by Gasteiger charge is 2.26. The van der Waals surface area contributed by atoms with E-state index in [1.165, 1.54) is 22.9 Å². The summed E-state index contributed by atoms with van der Waals surface area (Å²) < 4.78 is 42.7. The van der Waals surface area contributed by atoms with E-state index in [-0.39, 0.29) is 29.5 Å². The molecule has 0 aliphatic heterocycles. The van der Waals surface area contributed by atoms with E-state index in [9.17, 15) is 18.0 Å². The summed E-state index contributed by atoms with van der Waals surface area (Å²) in [6.07, 6.45) is 2.53. The largest absolute Gasteiger partial charge is 0.374 e. The van der Waals surface area contributed by atoms with E-state index in [1.807, 2.05) is 0 Å². The molecule has 1 aromatic carbocycles. The third-order valence-electron chi connectivity index (χ3n) is 4.46. The Labute approximate surface area is 140 Å². The molecule has 4 nitrogen and oxygen atoms in total. The Hall–Kier alpha value is -1.76. The summed E-state index contributed by atoms with van der Waals surface area (Å²) in [5, 5.41) is 2.99. The summed E-state index contributed by atoms with van der Waals surface area (Å²) in [4.78, 5) is 13.7. The van der Waals surface area contributed by atoms with Gasteiger partial charge in [-0.3, -0.25) is 4.79 Å². The Morgan fingerprint density at radius 2 is 1.88 bits per heavy atom. The van der Waals surface area contributed by atoms with Crippen molar-refractivity contribution in [3.63, 3.8) is 0 Å². The number of anilines is 2. The van der Waals surface area contributed by atoms with Crippen molar-refractivity contribution in [3.8, 4) is 0 Å². The zero-order valence-corrected chi connectivity index (χ0v) is 14.3. The number of hydrogen-bond acceptors (Lipinski definition) is 3. The number of alkyl halides is 1. The maximum absolute atomic E-state index is 14.5. The zero-order chi connectivity index (χ0) is 17.9. The van der Waals surface area contributed by atoms with Crippen LogP contribution in [0.1, 0.15) is 31.2 Å². The summed E-state index contributed by atoms with van der Waals surface area (Å²) in [5.41, 5.74) is 0.359. The smallest absolute Gasteiger partial charge is 0.213 e. The fourth-order valence-corrected chi connectivity index (χ4v) is 3.09. The van der Waals surface area contributed by atoms with Gasteiger partial charge in [0.1, 0.15) is 6.17 Å². The average molecular weight is 343 g/mol. The van der Waals surface area contributed by atoms with E-state index < -0.39 is 17.8 Å². The Kier molecular flexibility index (Phi) is 6.10. The second-order valence-electron chi connectivity index (χ2n) is 6.43. The van der Waals surface area contributed by atoms with E-state index in [2.05, 4.69) is 5.32 Å². The molecule has 0 saturated heterocycles. The minimum absolute atomic E-state index is 0.00637. The highest BCUT2D eigenvalue weighted by atomic mass is 19.2. The number of carbonyl (C=O) groups excluding carboxylic acids is 1. The van der Waals surface area contributed by atoms with Crippen LogP contribution in [0.3, 0.4) is 0 Å². The number of nitrogens with one attached hydrogen (secondary N) is 1. The SMILES string of the molecule is CN(C)c1c(N(C)C=O)cc(CN[C@@H]2CCCC[C@@H]2F)c(F)c1F. The molecule has 2 rings (SSSR count). The highest BCUT2D eigenvalue weighted by Crippen LogP contribution is 2.34. The lowest BCUT2D eigenvalue weighted by Gasteiger charge is -2.28. The van der Waals surface area contributed by atoms with Crippen LogP contribution in [-0.2, 0) is 11.3 Å². The molecule has 0 spiro atoms. The first-order valence-electron chi connectivity index (χ1n) is 8.10. The Morgan fingerprint density at radius 1 is 1.21 bits per heavy atom. The number of nitrogens with zero attached hydrogens (tertiary/aromatic N) is 2. The molecule has 0 radical (unpaired) electrons. The van der Waals surface area contributed by atoms with Crippen LogP contribution in [0.2, 0.25) is 0 Å². The average Bonchev–Trinajstić information content (AvgIpc) is 2.56. The molecule has 1 aliphatic rings. The third kappa shape index (κ3) is 3.83. The van der Waals surface area contributed by atoms with Gasteiger partial charge in [0.25, 0.3) is 0 Å². The summed E-state index contributed by atoms with van der Waals surface area (Å²) in [6, 6.07) is 1.09. The van der Waals surface area contributed by atoms with Crippen molar-refractivity contribution in [3.05, 3.63) is 23.3 Å². The van der Waals surface area contributed by atoms with Gasteiger partial charge in [0.2, 0.25) is 6.41 Å². The Bertz CT molecular complexity index is 595. The standard InChI is InChI=1S/C17H24F3N3O/c1-22(2)17-14(23(3)10-24)8-11(15(19)16(17)20)9-21-13-7-5-4-6-12(13)18/h8,10,12-13,21H,4-7,9H2,1-3H3/t12-,13+/m0/s1. The molecule has 1 amide bonds. The molecule has 1 saturated carbocycles. The molecule has 1 N–H and O–H groups in total. The van der Waals surface area contributed by atoms with E-state index in [0.717, 1.165) is 12.8 Å². The minimum Gasteiger partial charge on any atom is -0.374 e. The molecule has 0 aromatic heterocycles. The van der Waals surface area contributed by atoms with Gasteiger partial charge in [-0.15, -0.1) is 0 Å². The fourth-order valence-electron chi connectivity index (χ4n) is 3.09. The fraction of sp³-hybridized carbons (Fsp3) is 0.588. The third-order valence-corrected chi connectivity index (χ3v) is 4.46. The molecule has 2 atom stereocenters. The maximum atomic E-state index is 14.5. The number of amides is 1. The van der Waals surface area contributed by atoms with Gasteiger partial charge in [-0.2, -0.15) is 0 Å². The van der Waals surface area contributed by atoms with E-state index >= 15 is 0 Å². The van der Waals surface area contributed by atoms with Crippen LogP contribution in [0.5, 0.6) is 0 Å². The molecule has 134 valence electrons. The van der Waals surface area contributed by atoms with Gasteiger partial charge in [-0.05, 0) is 18.9 Å². The molecule has 0 unspecified atom stereocenters. The second kappa shape index (κ2) is 7.88. The van der Waals surface area contributed by atoms with Crippen LogP contribution in [0, 0.1) is 11.6 Å².